The Bertz CT molecular complexity index is 995. The summed E-state index contributed by atoms with van der Waals surface area (Å²) < 4.78 is 0. The molecule has 2 heterocycles. The third kappa shape index (κ3) is 3.40. The van der Waals surface area contributed by atoms with Crippen LogP contribution in [0.15, 0.2) is 42.5 Å². The number of rotatable bonds is 3. The first-order valence-corrected chi connectivity index (χ1v) is 8.95. The lowest BCUT2D eigenvalue weighted by molar-refractivity contribution is -0.119. The quantitative estimate of drug-likeness (QED) is 0.745. The van der Waals surface area contributed by atoms with E-state index in [9.17, 15) is 9.59 Å². The van der Waals surface area contributed by atoms with Gasteiger partial charge in [0.05, 0.1) is 6.04 Å². The van der Waals surface area contributed by atoms with Crippen LogP contribution in [0.1, 0.15) is 34.3 Å². The van der Waals surface area contributed by atoms with Crippen molar-refractivity contribution >= 4 is 22.8 Å². The van der Waals surface area contributed by atoms with Gasteiger partial charge in [-0.25, -0.2) is 0 Å². The second kappa shape index (κ2) is 6.83. The normalized spacial score (nSPS) is 19.4. The van der Waals surface area contributed by atoms with Crippen molar-refractivity contribution in [3.63, 3.8) is 0 Å². The molecule has 1 fully saturated rings. The number of hydrogen-bond acceptors (Lipinski definition) is 4. The molecule has 7 nitrogen and oxygen atoms in total. The molecule has 2 amide bonds. The van der Waals surface area contributed by atoms with Crippen LogP contribution in [0.2, 0.25) is 0 Å². The first-order valence-electron chi connectivity index (χ1n) is 8.95. The molecular weight excluding hydrogens is 342 g/mol. The smallest absolute Gasteiger partial charge is 0.254 e. The highest BCUT2D eigenvalue weighted by Gasteiger charge is 2.37. The van der Waals surface area contributed by atoms with E-state index in [0.29, 0.717) is 24.2 Å². The SMILES string of the molecule is CC(=O)N[C@@H]1CN(C(=O)c2ccc3n[nH]nc3c2)C[C@H]1c1ccc(C)cc1. The Kier molecular flexibility index (Phi) is 4.35. The van der Waals surface area contributed by atoms with E-state index in [1.165, 1.54) is 12.5 Å². The van der Waals surface area contributed by atoms with E-state index in [2.05, 4.69) is 45.0 Å². The molecule has 0 aliphatic carbocycles. The van der Waals surface area contributed by atoms with Crippen LogP contribution in [0.3, 0.4) is 0 Å². The lowest BCUT2D eigenvalue weighted by Crippen LogP contribution is -2.39. The fourth-order valence-electron chi connectivity index (χ4n) is 3.68. The first kappa shape index (κ1) is 17.2. The van der Waals surface area contributed by atoms with Crippen molar-refractivity contribution in [3.8, 4) is 0 Å². The maximum Gasteiger partial charge on any atom is 0.254 e. The Morgan fingerprint density at radius 2 is 1.81 bits per heavy atom. The molecule has 0 radical (unpaired) electrons. The minimum Gasteiger partial charge on any atom is -0.351 e. The molecule has 0 saturated carbocycles. The van der Waals surface area contributed by atoms with E-state index in [1.807, 2.05) is 6.92 Å². The van der Waals surface area contributed by atoms with Crippen molar-refractivity contribution in [1.29, 1.82) is 0 Å². The number of amides is 2. The lowest BCUT2D eigenvalue weighted by Gasteiger charge is -2.19. The monoisotopic (exact) mass is 363 g/mol. The molecule has 0 unspecified atom stereocenters. The standard InChI is InChI=1S/C20H21N5O2/c1-12-3-5-14(6-4-12)16-10-25(11-19(16)21-13(2)26)20(27)15-7-8-17-18(9-15)23-24-22-17/h3-9,16,19H,10-11H2,1-2H3,(H,21,26)(H,22,23,24)/t16-,19+/m0/s1. The highest BCUT2D eigenvalue weighted by atomic mass is 16.2. The second-order valence-electron chi connectivity index (χ2n) is 7.06. The van der Waals surface area contributed by atoms with Crippen LogP contribution in [0.25, 0.3) is 11.0 Å². The molecule has 7 heteroatoms. The van der Waals surface area contributed by atoms with Crippen molar-refractivity contribution in [2.45, 2.75) is 25.8 Å². The molecule has 1 aromatic heterocycles. The van der Waals surface area contributed by atoms with Crippen molar-refractivity contribution in [2.75, 3.05) is 13.1 Å². The van der Waals surface area contributed by atoms with Gasteiger partial charge in [-0.3, -0.25) is 9.59 Å². The van der Waals surface area contributed by atoms with E-state index in [0.717, 1.165) is 11.1 Å². The van der Waals surface area contributed by atoms with Crippen molar-refractivity contribution in [2.24, 2.45) is 0 Å². The predicted molar refractivity (Wildman–Crippen MR) is 101 cm³/mol. The van der Waals surface area contributed by atoms with E-state index in [-0.39, 0.29) is 23.8 Å². The summed E-state index contributed by atoms with van der Waals surface area (Å²) in [6, 6.07) is 13.4. The van der Waals surface area contributed by atoms with Crippen LogP contribution in [0.5, 0.6) is 0 Å². The summed E-state index contributed by atoms with van der Waals surface area (Å²) in [4.78, 5) is 26.5. The molecule has 0 bridgehead atoms. The van der Waals surface area contributed by atoms with Gasteiger partial charge in [-0.2, -0.15) is 15.4 Å². The lowest BCUT2D eigenvalue weighted by atomic mass is 9.93. The zero-order chi connectivity index (χ0) is 19.0. The molecule has 27 heavy (non-hydrogen) atoms. The molecule has 3 aromatic rings. The molecule has 0 spiro atoms. The van der Waals surface area contributed by atoms with E-state index < -0.39 is 0 Å². The number of carbonyl (C=O) groups excluding carboxylic acids is 2. The highest BCUT2D eigenvalue weighted by Crippen LogP contribution is 2.29. The number of aromatic nitrogens is 3. The molecule has 1 aliphatic heterocycles. The number of nitrogens with one attached hydrogen (secondary N) is 2. The molecule has 138 valence electrons. The Morgan fingerprint density at radius 3 is 2.56 bits per heavy atom. The van der Waals surface area contributed by atoms with Crippen molar-refractivity contribution in [3.05, 3.63) is 59.2 Å². The van der Waals surface area contributed by atoms with Gasteiger partial charge in [0.25, 0.3) is 5.91 Å². The van der Waals surface area contributed by atoms with Crippen molar-refractivity contribution < 1.29 is 9.59 Å². The van der Waals surface area contributed by atoms with Crippen LogP contribution >= 0.6 is 0 Å². The summed E-state index contributed by atoms with van der Waals surface area (Å²) in [5.74, 6) is -0.0884. The number of benzene rings is 2. The number of nitrogens with zero attached hydrogens (tertiary/aromatic N) is 3. The fourth-order valence-corrected chi connectivity index (χ4v) is 3.68. The Balaban J connectivity index is 1.60. The molecule has 1 saturated heterocycles. The van der Waals surface area contributed by atoms with Gasteiger partial charge in [-0.1, -0.05) is 29.8 Å². The first-order chi connectivity index (χ1) is 13.0. The fraction of sp³-hybridized carbons (Fsp3) is 0.300. The zero-order valence-corrected chi connectivity index (χ0v) is 15.3. The number of carbonyl (C=O) groups is 2. The van der Waals surface area contributed by atoms with Crippen molar-refractivity contribution in [1.82, 2.24) is 25.6 Å². The van der Waals surface area contributed by atoms with Gasteiger partial charge in [-0.05, 0) is 30.7 Å². The van der Waals surface area contributed by atoms with Crippen LogP contribution < -0.4 is 5.32 Å². The summed E-state index contributed by atoms with van der Waals surface area (Å²) in [7, 11) is 0. The Morgan fingerprint density at radius 1 is 1.07 bits per heavy atom. The van der Waals surface area contributed by atoms with Gasteiger partial charge in [0.15, 0.2) is 0 Å². The van der Waals surface area contributed by atoms with Crippen LogP contribution in [0, 0.1) is 6.92 Å². The summed E-state index contributed by atoms with van der Waals surface area (Å²) >= 11 is 0. The maximum absolute atomic E-state index is 13.0. The number of hydrogen-bond donors (Lipinski definition) is 2. The topological polar surface area (TPSA) is 91.0 Å². The zero-order valence-electron chi connectivity index (χ0n) is 15.3. The van der Waals surface area contributed by atoms with Gasteiger partial charge < -0.3 is 10.2 Å². The average molecular weight is 363 g/mol. The van der Waals surface area contributed by atoms with E-state index >= 15 is 0 Å². The Labute approximate surface area is 156 Å². The van der Waals surface area contributed by atoms with Crippen LogP contribution in [-0.4, -0.2) is 51.3 Å². The summed E-state index contributed by atoms with van der Waals surface area (Å²) in [6.07, 6.45) is 0. The summed E-state index contributed by atoms with van der Waals surface area (Å²) in [5.41, 5.74) is 4.26. The number of aromatic amines is 1. The Hall–Kier alpha value is -3.22. The third-order valence-electron chi connectivity index (χ3n) is 5.06. The number of H-pyrrole nitrogens is 1. The molecule has 4 rings (SSSR count). The van der Waals surface area contributed by atoms with Gasteiger partial charge in [0.2, 0.25) is 5.91 Å². The second-order valence-corrected chi connectivity index (χ2v) is 7.06. The van der Waals surface area contributed by atoms with Crippen LogP contribution in [-0.2, 0) is 4.79 Å². The van der Waals surface area contributed by atoms with Gasteiger partial charge >= 0.3 is 0 Å². The number of likely N-dealkylation sites (tertiary alicyclic amines) is 1. The minimum absolute atomic E-state index is 0.0641. The third-order valence-corrected chi connectivity index (χ3v) is 5.06. The van der Waals surface area contributed by atoms with E-state index in [4.69, 9.17) is 0 Å². The summed E-state index contributed by atoms with van der Waals surface area (Å²) in [5, 5.41) is 13.6. The molecule has 2 aromatic carbocycles. The molecule has 2 N–H and O–H groups in total. The highest BCUT2D eigenvalue weighted by molar-refractivity contribution is 5.97. The largest absolute Gasteiger partial charge is 0.351 e. The minimum atomic E-state index is -0.107. The van der Waals surface area contributed by atoms with Gasteiger partial charge in [-0.15, -0.1) is 0 Å². The summed E-state index contributed by atoms with van der Waals surface area (Å²) in [6.45, 7) is 4.59. The van der Waals surface area contributed by atoms with Gasteiger partial charge in [0, 0.05) is 31.5 Å². The van der Waals surface area contributed by atoms with E-state index in [1.54, 1.807) is 23.1 Å². The number of fused-ring (bicyclic) bond motifs is 1. The average Bonchev–Trinajstić information content (AvgIpc) is 3.27. The molecule has 1 aliphatic rings. The maximum atomic E-state index is 13.0. The molecular formula is C20H21N5O2. The van der Waals surface area contributed by atoms with Gasteiger partial charge in [0.1, 0.15) is 11.0 Å². The van der Waals surface area contributed by atoms with Crippen LogP contribution in [0.4, 0.5) is 0 Å². The number of aryl methyl sites for hydroxylation is 1. The molecule has 2 atom stereocenters. The predicted octanol–water partition coefficient (Wildman–Crippen LogP) is 2.01.